The largest absolute Gasteiger partial charge is 0.444 e. The third-order valence-electron chi connectivity index (χ3n) is 3.96. The lowest BCUT2D eigenvalue weighted by Gasteiger charge is -2.22. The number of benzene rings is 1. The number of likely N-dealkylation sites (tertiary alicyclic amines) is 1. The fourth-order valence-corrected chi connectivity index (χ4v) is 3.55. The summed E-state index contributed by atoms with van der Waals surface area (Å²) in [6.07, 6.45) is 3.52. The van der Waals surface area contributed by atoms with Crippen molar-refractivity contribution in [1.29, 1.82) is 0 Å². The van der Waals surface area contributed by atoms with E-state index in [9.17, 15) is 9.90 Å². The van der Waals surface area contributed by atoms with Crippen molar-refractivity contribution < 1.29 is 14.3 Å². The van der Waals surface area contributed by atoms with Crippen molar-refractivity contribution in [2.24, 2.45) is 0 Å². The molecule has 0 saturated carbocycles. The summed E-state index contributed by atoms with van der Waals surface area (Å²) in [7, 11) is 0. The van der Waals surface area contributed by atoms with Gasteiger partial charge in [0, 0.05) is 17.9 Å². The standard InChI is InChI=1S/C17H20N2O3S/c20-9-15-7-4-8-19(15)16(21)12-23-11-14-10-22-17(18-14)13-5-2-1-3-6-13/h1-3,5-6,10,15,20H,4,7-9,11-12H2/t15-/m1/s1. The van der Waals surface area contributed by atoms with Gasteiger partial charge in [0.05, 0.1) is 24.1 Å². The van der Waals surface area contributed by atoms with Crippen molar-refractivity contribution in [1.82, 2.24) is 9.88 Å². The summed E-state index contributed by atoms with van der Waals surface area (Å²) in [4.78, 5) is 18.4. The zero-order valence-corrected chi connectivity index (χ0v) is 13.7. The molecule has 1 N–H and O–H groups in total. The molecule has 0 bridgehead atoms. The van der Waals surface area contributed by atoms with Gasteiger partial charge in [-0.15, -0.1) is 11.8 Å². The van der Waals surface area contributed by atoms with Crippen LogP contribution in [0, 0.1) is 0 Å². The minimum atomic E-state index is -0.000154. The van der Waals surface area contributed by atoms with Crippen molar-refractivity contribution in [3.05, 3.63) is 42.3 Å². The first-order valence-electron chi connectivity index (χ1n) is 7.76. The minimum Gasteiger partial charge on any atom is -0.444 e. The van der Waals surface area contributed by atoms with E-state index >= 15 is 0 Å². The van der Waals surface area contributed by atoms with Gasteiger partial charge in [0.1, 0.15) is 6.26 Å². The molecule has 3 rings (SSSR count). The Kier molecular flexibility index (Phi) is 5.35. The highest BCUT2D eigenvalue weighted by Gasteiger charge is 2.27. The molecule has 1 amide bonds. The molecule has 0 spiro atoms. The van der Waals surface area contributed by atoms with Crippen molar-refractivity contribution in [3.8, 4) is 11.5 Å². The SMILES string of the molecule is O=C(CSCc1coc(-c2ccccc2)n1)N1CCC[C@@H]1CO. The molecule has 0 radical (unpaired) electrons. The summed E-state index contributed by atoms with van der Waals surface area (Å²) in [6.45, 7) is 0.812. The van der Waals surface area contributed by atoms with Gasteiger partial charge in [-0.2, -0.15) is 0 Å². The second-order valence-corrected chi connectivity index (χ2v) is 6.55. The summed E-state index contributed by atoms with van der Waals surface area (Å²) < 4.78 is 5.49. The predicted molar refractivity (Wildman–Crippen MR) is 89.9 cm³/mol. The maximum absolute atomic E-state index is 12.2. The van der Waals surface area contributed by atoms with Crippen LogP contribution in [0.5, 0.6) is 0 Å². The van der Waals surface area contributed by atoms with Gasteiger partial charge < -0.3 is 14.4 Å². The molecule has 1 aliphatic rings. The third kappa shape index (κ3) is 3.95. The molecule has 1 fully saturated rings. The molecule has 2 heterocycles. The second-order valence-electron chi connectivity index (χ2n) is 5.57. The average molecular weight is 332 g/mol. The van der Waals surface area contributed by atoms with E-state index in [1.54, 1.807) is 11.2 Å². The Balaban J connectivity index is 1.49. The number of nitrogens with zero attached hydrogens (tertiary/aromatic N) is 2. The van der Waals surface area contributed by atoms with E-state index < -0.39 is 0 Å². The van der Waals surface area contributed by atoms with E-state index in [1.165, 1.54) is 11.8 Å². The molecule has 0 aliphatic carbocycles. The fraction of sp³-hybridized carbons (Fsp3) is 0.412. The van der Waals surface area contributed by atoms with Gasteiger partial charge in [0.2, 0.25) is 11.8 Å². The van der Waals surface area contributed by atoms with Crippen LogP contribution in [0.2, 0.25) is 0 Å². The molecule has 1 aromatic carbocycles. The van der Waals surface area contributed by atoms with E-state index in [2.05, 4.69) is 4.98 Å². The molecule has 2 aromatic rings. The number of aliphatic hydroxyl groups is 1. The van der Waals surface area contributed by atoms with Crippen LogP contribution in [-0.2, 0) is 10.5 Å². The highest BCUT2D eigenvalue weighted by atomic mass is 32.2. The van der Waals surface area contributed by atoms with Gasteiger partial charge >= 0.3 is 0 Å². The van der Waals surface area contributed by atoms with Crippen molar-refractivity contribution in [2.45, 2.75) is 24.6 Å². The number of carbonyl (C=O) groups excluding carboxylic acids is 1. The monoisotopic (exact) mass is 332 g/mol. The lowest BCUT2D eigenvalue weighted by molar-refractivity contribution is -0.129. The molecule has 1 saturated heterocycles. The van der Waals surface area contributed by atoms with Crippen molar-refractivity contribution in [3.63, 3.8) is 0 Å². The lowest BCUT2D eigenvalue weighted by atomic mass is 10.2. The van der Waals surface area contributed by atoms with E-state index in [1.807, 2.05) is 30.3 Å². The first kappa shape index (κ1) is 16.1. The number of oxazole rings is 1. The maximum atomic E-state index is 12.2. The van der Waals surface area contributed by atoms with Crippen LogP contribution in [-0.4, -0.2) is 45.8 Å². The van der Waals surface area contributed by atoms with Gasteiger partial charge in [-0.25, -0.2) is 4.98 Å². The zero-order valence-electron chi connectivity index (χ0n) is 12.9. The number of thioether (sulfide) groups is 1. The first-order chi connectivity index (χ1) is 11.3. The minimum absolute atomic E-state index is 0.000154. The van der Waals surface area contributed by atoms with Gasteiger partial charge in [0.15, 0.2) is 0 Å². The Labute approximate surface area is 139 Å². The van der Waals surface area contributed by atoms with Gasteiger partial charge in [-0.3, -0.25) is 4.79 Å². The number of rotatable bonds is 6. The number of amides is 1. The van der Waals surface area contributed by atoms with E-state index in [0.717, 1.165) is 30.6 Å². The van der Waals surface area contributed by atoms with Crippen LogP contribution < -0.4 is 0 Å². The van der Waals surface area contributed by atoms with Crippen LogP contribution in [0.1, 0.15) is 18.5 Å². The first-order valence-corrected chi connectivity index (χ1v) is 8.91. The Morgan fingerprint density at radius 1 is 1.39 bits per heavy atom. The van der Waals surface area contributed by atoms with E-state index in [-0.39, 0.29) is 18.6 Å². The summed E-state index contributed by atoms with van der Waals surface area (Å²) >= 11 is 1.53. The normalized spacial score (nSPS) is 17.6. The second kappa shape index (κ2) is 7.66. The topological polar surface area (TPSA) is 66.6 Å². The summed E-state index contributed by atoms with van der Waals surface area (Å²) in [5, 5.41) is 9.28. The number of aliphatic hydroxyl groups excluding tert-OH is 1. The number of hydrogen-bond acceptors (Lipinski definition) is 5. The van der Waals surface area contributed by atoms with Crippen LogP contribution in [0.15, 0.2) is 41.0 Å². The van der Waals surface area contributed by atoms with Gasteiger partial charge in [-0.1, -0.05) is 18.2 Å². The molecule has 5 nitrogen and oxygen atoms in total. The molecule has 0 unspecified atom stereocenters. The van der Waals surface area contributed by atoms with E-state index in [4.69, 9.17) is 4.42 Å². The molecule has 23 heavy (non-hydrogen) atoms. The highest BCUT2D eigenvalue weighted by molar-refractivity contribution is 7.99. The Bertz CT molecular complexity index is 644. The number of carbonyl (C=O) groups is 1. The molecule has 122 valence electrons. The van der Waals surface area contributed by atoms with Crippen LogP contribution in [0.4, 0.5) is 0 Å². The summed E-state index contributed by atoms with van der Waals surface area (Å²) in [5.41, 5.74) is 1.78. The molecule has 1 aliphatic heterocycles. The average Bonchev–Trinajstić information content (AvgIpc) is 3.24. The molecule has 6 heteroatoms. The zero-order chi connectivity index (χ0) is 16.1. The Hall–Kier alpha value is -1.79. The van der Waals surface area contributed by atoms with Crippen molar-refractivity contribution >= 4 is 17.7 Å². The molecular formula is C17H20N2O3S. The van der Waals surface area contributed by atoms with Gasteiger partial charge in [-0.05, 0) is 25.0 Å². The van der Waals surface area contributed by atoms with Crippen molar-refractivity contribution in [2.75, 3.05) is 18.9 Å². The smallest absolute Gasteiger partial charge is 0.232 e. The van der Waals surface area contributed by atoms with Gasteiger partial charge in [0.25, 0.3) is 0 Å². The highest BCUT2D eigenvalue weighted by Crippen LogP contribution is 2.22. The summed E-state index contributed by atoms with van der Waals surface area (Å²) in [6, 6.07) is 9.75. The Morgan fingerprint density at radius 2 is 2.22 bits per heavy atom. The lowest BCUT2D eigenvalue weighted by Crippen LogP contribution is -2.38. The predicted octanol–water partition coefficient (Wildman–Crippen LogP) is 2.56. The molecule has 1 atom stereocenters. The van der Waals surface area contributed by atoms with Crippen LogP contribution in [0.3, 0.4) is 0 Å². The molecular weight excluding hydrogens is 312 g/mol. The number of hydrogen-bond donors (Lipinski definition) is 1. The fourth-order valence-electron chi connectivity index (χ4n) is 2.77. The Morgan fingerprint density at radius 3 is 3.00 bits per heavy atom. The van der Waals surface area contributed by atoms with E-state index in [0.29, 0.717) is 17.4 Å². The third-order valence-corrected chi connectivity index (χ3v) is 4.91. The number of aromatic nitrogens is 1. The summed E-state index contributed by atoms with van der Waals surface area (Å²) in [5.74, 6) is 1.75. The molecule has 1 aromatic heterocycles. The quantitative estimate of drug-likeness (QED) is 0.880. The maximum Gasteiger partial charge on any atom is 0.232 e. The van der Waals surface area contributed by atoms with Crippen LogP contribution in [0.25, 0.3) is 11.5 Å². The van der Waals surface area contributed by atoms with Crippen LogP contribution >= 0.6 is 11.8 Å².